The van der Waals surface area contributed by atoms with Gasteiger partial charge in [0.2, 0.25) is 11.8 Å². The summed E-state index contributed by atoms with van der Waals surface area (Å²) in [5.41, 5.74) is 1.04. The molecule has 3 heterocycles. The van der Waals surface area contributed by atoms with E-state index in [1.807, 2.05) is 30.5 Å². The molecule has 2 saturated carbocycles. The average Bonchev–Trinajstić information content (AvgIpc) is 3.31. The normalized spacial score (nSPS) is 28.0. The molecule has 2 amide bonds. The van der Waals surface area contributed by atoms with Crippen LogP contribution in [0.3, 0.4) is 0 Å². The van der Waals surface area contributed by atoms with E-state index in [-0.39, 0.29) is 17.7 Å². The van der Waals surface area contributed by atoms with Crippen LogP contribution in [0, 0.1) is 24.7 Å². The number of hydrogen-bond donors (Lipinski definition) is 2. The number of rotatable bonds is 5. The molecule has 3 aromatic rings. The van der Waals surface area contributed by atoms with Crippen LogP contribution in [-0.4, -0.2) is 70.1 Å². The van der Waals surface area contributed by atoms with E-state index < -0.39 is 29.4 Å². The molecule has 0 spiro atoms. The van der Waals surface area contributed by atoms with Crippen LogP contribution in [0.15, 0.2) is 29.8 Å². The second-order valence-electron chi connectivity index (χ2n) is 12.2. The van der Waals surface area contributed by atoms with Gasteiger partial charge >= 0.3 is 5.97 Å². The van der Waals surface area contributed by atoms with Gasteiger partial charge in [-0.2, -0.15) is 0 Å². The van der Waals surface area contributed by atoms with Crippen molar-refractivity contribution in [2.45, 2.75) is 69.9 Å². The zero-order valence-electron chi connectivity index (χ0n) is 24.8. The van der Waals surface area contributed by atoms with E-state index in [9.17, 15) is 19.5 Å². The number of benzene rings is 1. The zero-order valence-corrected chi connectivity index (χ0v) is 25.6. The van der Waals surface area contributed by atoms with Gasteiger partial charge in [-0.3, -0.25) is 9.59 Å². The number of thiazole rings is 1. The molecule has 1 aliphatic heterocycles. The van der Waals surface area contributed by atoms with E-state index in [1.165, 1.54) is 11.3 Å². The highest BCUT2D eigenvalue weighted by Gasteiger charge is 2.62. The van der Waals surface area contributed by atoms with E-state index in [0.717, 1.165) is 53.6 Å². The number of carboxylic acid groups (broad SMARTS) is 1. The average molecular weight is 607 g/mol. The number of hydrogen-bond acceptors (Lipinski definition) is 8. The van der Waals surface area contributed by atoms with Gasteiger partial charge in [-0.15, -0.1) is 11.3 Å². The van der Waals surface area contributed by atoms with Crippen LogP contribution in [0.25, 0.3) is 21.6 Å². The minimum Gasteiger partial charge on any atom is -0.496 e. The van der Waals surface area contributed by atoms with Gasteiger partial charge in [0.15, 0.2) is 0 Å². The Kier molecular flexibility index (Phi) is 8.02. The van der Waals surface area contributed by atoms with Gasteiger partial charge in [0, 0.05) is 42.2 Å². The van der Waals surface area contributed by atoms with Crippen molar-refractivity contribution >= 4 is 40.0 Å². The minimum atomic E-state index is -1.24. The Labute approximate surface area is 254 Å². The highest BCUT2D eigenvalue weighted by atomic mass is 32.1. The summed E-state index contributed by atoms with van der Waals surface area (Å²) in [6, 6.07) is 5.66. The molecule has 5 atom stereocenters. The van der Waals surface area contributed by atoms with Crippen LogP contribution >= 0.6 is 11.3 Å². The molecule has 3 aliphatic rings. The predicted molar refractivity (Wildman–Crippen MR) is 162 cm³/mol. The molecule has 0 unspecified atom stereocenters. The molecule has 0 bridgehead atoms. The number of ether oxygens (including phenoxy) is 2. The third kappa shape index (κ3) is 5.55. The fourth-order valence-electron chi connectivity index (χ4n) is 6.93. The summed E-state index contributed by atoms with van der Waals surface area (Å²) >= 11 is 1.48. The molecule has 2 aromatic heterocycles. The summed E-state index contributed by atoms with van der Waals surface area (Å²) in [5.74, 6) is -1.51. The van der Waals surface area contributed by atoms with Crippen LogP contribution in [0.5, 0.6) is 11.5 Å². The Balaban J connectivity index is 1.33. The number of nitrogens with one attached hydrogen (secondary N) is 1. The van der Waals surface area contributed by atoms with Gasteiger partial charge in [0.05, 0.1) is 24.5 Å². The topological polar surface area (TPSA) is 131 Å². The molecule has 1 saturated heterocycles. The van der Waals surface area contributed by atoms with E-state index >= 15 is 0 Å². The molecule has 6 rings (SSSR count). The van der Waals surface area contributed by atoms with Crippen LogP contribution in [-0.2, 0) is 14.4 Å². The van der Waals surface area contributed by atoms with Gasteiger partial charge in [0.25, 0.3) is 0 Å². The lowest BCUT2D eigenvalue weighted by Gasteiger charge is -2.26. The standard InChI is InChI=1S/C32H38N4O6S/c1-18-25(41-3)10-9-21-26(16-24(34-27(18)21)29-33-11-13-43-29)42-20-14-22-23(15-20)30(38)36(2)12-7-5-4-6-8-19-17-32(19,31(39)40)35-28(22)37/h9-11,13,16,19-20,22-23H,4-8,12,14-15,17H2,1-3H3,(H,35,37)(H,39,40)/t19-,20-,22-,23-,32-/m1/s1. The van der Waals surface area contributed by atoms with Gasteiger partial charge in [-0.05, 0) is 57.1 Å². The summed E-state index contributed by atoms with van der Waals surface area (Å²) in [5, 5.41) is 16.4. The van der Waals surface area contributed by atoms with Crippen LogP contribution in [0.4, 0.5) is 0 Å². The Bertz CT molecular complexity index is 1540. The maximum absolute atomic E-state index is 13.8. The molecular weight excluding hydrogens is 568 g/mol. The Morgan fingerprint density at radius 2 is 1.93 bits per heavy atom. The summed E-state index contributed by atoms with van der Waals surface area (Å²) in [6.45, 7) is 2.58. The van der Waals surface area contributed by atoms with Crippen molar-refractivity contribution in [3.63, 3.8) is 0 Å². The van der Waals surface area contributed by atoms with Crippen LogP contribution < -0.4 is 14.8 Å². The molecule has 3 fully saturated rings. The lowest BCUT2D eigenvalue weighted by molar-refractivity contribution is -0.145. The van der Waals surface area contributed by atoms with Gasteiger partial charge in [-0.1, -0.05) is 19.3 Å². The number of pyridine rings is 1. The molecule has 2 N–H and O–H groups in total. The number of aryl methyl sites for hydroxylation is 1. The number of nitrogens with zero attached hydrogens (tertiary/aromatic N) is 3. The largest absolute Gasteiger partial charge is 0.496 e. The highest BCUT2D eigenvalue weighted by Crippen LogP contribution is 2.48. The third-order valence-electron chi connectivity index (χ3n) is 9.49. The summed E-state index contributed by atoms with van der Waals surface area (Å²) < 4.78 is 12.2. The molecule has 11 heteroatoms. The third-order valence-corrected chi connectivity index (χ3v) is 10.3. The molecule has 10 nitrogen and oxygen atoms in total. The second-order valence-corrected chi connectivity index (χ2v) is 13.1. The van der Waals surface area contributed by atoms with E-state index in [2.05, 4.69) is 10.3 Å². The van der Waals surface area contributed by atoms with Crippen molar-refractivity contribution in [2.24, 2.45) is 17.8 Å². The van der Waals surface area contributed by atoms with Crippen molar-refractivity contribution in [3.05, 3.63) is 35.3 Å². The lowest BCUT2D eigenvalue weighted by atomic mass is 9.92. The van der Waals surface area contributed by atoms with Crippen LogP contribution in [0.2, 0.25) is 0 Å². The summed E-state index contributed by atoms with van der Waals surface area (Å²) in [4.78, 5) is 50.9. The number of fused-ring (bicyclic) bond motifs is 3. The quantitative estimate of drug-likeness (QED) is 0.422. The monoisotopic (exact) mass is 606 g/mol. The number of methoxy groups -OCH3 is 1. The van der Waals surface area contributed by atoms with Crippen molar-refractivity contribution in [1.29, 1.82) is 0 Å². The number of aromatic nitrogens is 2. The predicted octanol–water partition coefficient (Wildman–Crippen LogP) is 4.83. The maximum Gasteiger partial charge on any atom is 0.329 e. The Morgan fingerprint density at radius 1 is 1.14 bits per heavy atom. The number of aliphatic carboxylic acids is 1. The van der Waals surface area contributed by atoms with Gasteiger partial charge < -0.3 is 24.8 Å². The molecule has 228 valence electrons. The van der Waals surface area contributed by atoms with Gasteiger partial charge in [-0.25, -0.2) is 14.8 Å². The minimum absolute atomic E-state index is 0.0742. The number of carboxylic acids is 1. The second kappa shape index (κ2) is 11.7. The molecular formula is C32H38N4O6S. The SMILES string of the molecule is COc1ccc2c(O[C@@H]3C[C@H]4C(=O)N[C@]5(C(=O)O)C[C@H]5CCCCCCN(C)C(=O)[C@@H]4C3)cc(-c3nccs3)nc2c1C. The fraction of sp³-hybridized carbons (Fsp3) is 0.531. The highest BCUT2D eigenvalue weighted by molar-refractivity contribution is 7.13. The first-order chi connectivity index (χ1) is 20.7. The van der Waals surface area contributed by atoms with Crippen molar-refractivity contribution in [3.8, 4) is 22.2 Å². The van der Waals surface area contributed by atoms with Crippen molar-refractivity contribution in [1.82, 2.24) is 20.2 Å². The van der Waals surface area contributed by atoms with E-state index in [0.29, 0.717) is 43.0 Å². The zero-order chi connectivity index (χ0) is 30.3. The fourth-order valence-corrected chi connectivity index (χ4v) is 7.53. The summed E-state index contributed by atoms with van der Waals surface area (Å²) in [6.07, 6.45) is 6.95. The van der Waals surface area contributed by atoms with E-state index in [1.54, 1.807) is 25.3 Å². The molecule has 1 aromatic carbocycles. The summed E-state index contributed by atoms with van der Waals surface area (Å²) in [7, 11) is 3.41. The smallest absolute Gasteiger partial charge is 0.329 e. The first kappa shape index (κ1) is 29.3. The van der Waals surface area contributed by atoms with Crippen molar-refractivity contribution < 1.29 is 29.0 Å². The van der Waals surface area contributed by atoms with Gasteiger partial charge in [0.1, 0.15) is 33.8 Å². The molecule has 0 radical (unpaired) electrons. The number of carbonyl (C=O) groups is 3. The number of amides is 2. The number of carbonyl (C=O) groups excluding carboxylic acids is 2. The molecule has 43 heavy (non-hydrogen) atoms. The Morgan fingerprint density at radius 3 is 2.67 bits per heavy atom. The first-order valence-electron chi connectivity index (χ1n) is 15.1. The molecule has 2 aliphatic carbocycles. The maximum atomic E-state index is 13.8. The Hall–Kier alpha value is -3.73. The van der Waals surface area contributed by atoms with Crippen LogP contribution in [0.1, 0.15) is 56.9 Å². The lowest BCUT2D eigenvalue weighted by Crippen LogP contribution is -2.49. The first-order valence-corrected chi connectivity index (χ1v) is 15.9. The van der Waals surface area contributed by atoms with Crippen molar-refractivity contribution in [2.75, 3.05) is 20.7 Å². The van der Waals surface area contributed by atoms with E-state index in [4.69, 9.17) is 14.5 Å².